The van der Waals surface area contributed by atoms with Crippen molar-refractivity contribution in [2.75, 3.05) is 5.32 Å². The van der Waals surface area contributed by atoms with Gasteiger partial charge in [0.1, 0.15) is 17.3 Å². The molecule has 0 atom stereocenters. The molecule has 28 heavy (non-hydrogen) atoms. The molecule has 2 N–H and O–H groups in total. The van der Waals surface area contributed by atoms with Gasteiger partial charge in [0.25, 0.3) is 0 Å². The number of fused-ring (bicyclic) bond motifs is 5. The lowest BCUT2D eigenvalue weighted by atomic mass is 10.1. The first kappa shape index (κ1) is 20.4. The molecule has 0 aliphatic carbocycles. The fourth-order valence-corrected chi connectivity index (χ4v) is 3.72. The van der Waals surface area contributed by atoms with Crippen LogP contribution in [0.25, 0.3) is 33.9 Å². The smallest absolute Gasteiger partial charge is 0.141 e. The molecule has 0 saturated heterocycles. The molecule has 0 amide bonds. The van der Waals surface area contributed by atoms with Crippen molar-refractivity contribution in [1.29, 1.82) is 0 Å². The Morgan fingerprint density at radius 2 is 1.64 bits per heavy atom. The molecule has 1 aliphatic heterocycles. The summed E-state index contributed by atoms with van der Waals surface area (Å²) in [5.41, 5.74) is 5.04. The summed E-state index contributed by atoms with van der Waals surface area (Å²) < 4.78 is 0. The van der Waals surface area contributed by atoms with E-state index in [1.54, 1.807) is 30.7 Å². The highest BCUT2D eigenvalue weighted by Crippen LogP contribution is 2.44. The van der Waals surface area contributed by atoms with Crippen LogP contribution in [0.3, 0.4) is 0 Å². The van der Waals surface area contributed by atoms with Gasteiger partial charge in [-0.25, -0.2) is 9.97 Å². The van der Waals surface area contributed by atoms with Crippen LogP contribution in [0.2, 0.25) is 10.0 Å². The SMILES string of the molecule is Cl.Cl.Clc1cccc(Cl)c1-c1nc2c([nH]1)-c1ccncc1Nc1ncccc1-2. The number of benzene rings is 1. The van der Waals surface area contributed by atoms with Crippen molar-refractivity contribution in [1.82, 2.24) is 19.9 Å². The number of hydrogen-bond donors (Lipinski definition) is 2. The number of nitrogens with zero attached hydrogens (tertiary/aromatic N) is 3. The first-order chi connectivity index (χ1) is 12.7. The van der Waals surface area contributed by atoms with Crippen molar-refractivity contribution in [3.8, 4) is 33.9 Å². The van der Waals surface area contributed by atoms with Gasteiger partial charge in [-0.3, -0.25) is 4.98 Å². The van der Waals surface area contributed by atoms with Gasteiger partial charge in [0.15, 0.2) is 0 Å². The van der Waals surface area contributed by atoms with Crippen molar-refractivity contribution in [2.24, 2.45) is 0 Å². The van der Waals surface area contributed by atoms with Gasteiger partial charge in [0, 0.05) is 23.5 Å². The van der Waals surface area contributed by atoms with Gasteiger partial charge in [-0.2, -0.15) is 0 Å². The van der Waals surface area contributed by atoms with Crippen LogP contribution < -0.4 is 5.32 Å². The van der Waals surface area contributed by atoms with Crippen molar-refractivity contribution in [3.05, 3.63) is 65.0 Å². The summed E-state index contributed by atoms with van der Waals surface area (Å²) in [5.74, 6) is 1.34. The molecule has 1 aliphatic rings. The van der Waals surface area contributed by atoms with E-state index < -0.39 is 0 Å². The Balaban J connectivity index is 0.00000112. The zero-order valence-corrected chi connectivity index (χ0v) is 17.3. The number of nitrogens with one attached hydrogen (secondary N) is 2. The Morgan fingerprint density at radius 1 is 0.857 bits per heavy atom. The van der Waals surface area contributed by atoms with Crippen LogP contribution >= 0.6 is 48.0 Å². The quantitative estimate of drug-likeness (QED) is 0.308. The van der Waals surface area contributed by atoms with Crippen LogP contribution in [0.4, 0.5) is 11.5 Å². The number of pyridine rings is 2. The van der Waals surface area contributed by atoms with Gasteiger partial charge in [-0.05, 0) is 30.3 Å². The molecule has 0 radical (unpaired) electrons. The number of aromatic nitrogens is 4. The second-order valence-electron chi connectivity index (χ2n) is 5.85. The predicted molar refractivity (Wildman–Crippen MR) is 118 cm³/mol. The summed E-state index contributed by atoms with van der Waals surface area (Å²) in [6, 6.07) is 11.2. The fourth-order valence-electron chi connectivity index (χ4n) is 3.14. The Morgan fingerprint density at radius 3 is 2.43 bits per heavy atom. The molecule has 0 bridgehead atoms. The zero-order valence-electron chi connectivity index (χ0n) is 14.1. The van der Waals surface area contributed by atoms with Gasteiger partial charge in [0.05, 0.1) is 33.2 Å². The molecule has 4 aromatic rings. The van der Waals surface area contributed by atoms with E-state index in [2.05, 4.69) is 20.3 Å². The summed E-state index contributed by atoms with van der Waals surface area (Å²) in [6.45, 7) is 0. The molecular weight excluding hydrogens is 440 g/mol. The lowest BCUT2D eigenvalue weighted by molar-refractivity contribution is 1.26. The number of hydrogen-bond acceptors (Lipinski definition) is 4. The average molecular weight is 453 g/mol. The minimum atomic E-state index is 0. The molecule has 4 heterocycles. The highest BCUT2D eigenvalue weighted by molar-refractivity contribution is 6.39. The van der Waals surface area contributed by atoms with Gasteiger partial charge in [-0.15, -0.1) is 24.8 Å². The van der Waals surface area contributed by atoms with Crippen molar-refractivity contribution >= 4 is 59.5 Å². The molecule has 142 valence electrons. The molecule has 5 rings (SSSR count). The normalized spacial score (nSPS) is 10.9. The maximum Gasteiger partial charge on any atom is 0.141 e. The Hall–Kier alpha value is -2.31. The molecular formula is C19H13Cl4N5. The van der Waals surface area contributed by atoms with Gasteiger partial charge in [-0.1, -0.05) is 29.3 Å². The van der Waals surface area contributed by atoms with E-state index in [9.17, 15) is 0 Å². The highest BCUT2D eigenvalue weighted by atomic mass is 35.5. The number of halogens is 4. The summed E-state index contributed by atoms with van der Waals surface area (Å²) in [4.78, 5) is 16.9. The van der Waals surface area contributed by atoms with E-state index >= 15 is 0 Å². The van der Waals surface area contributed by atoms with E-state index in [4.69, 9.17) is 28.2 Å². The molecule has 1 aromatic carbocycles. The fraction of sp³-hybridized carbons (Fsp3) is 0. The Kier molecular flexibility index (Phi) is 5.82. The molecule has 0 spiro atoms. The number of imidazole rings is 1. The third-order valence-corrected chi connectivity index (χ3v) is 4.94. The van der Waals surface area contributed by atoms with Crippen LogP contribution in [0.15, 0.2) is 55.0 Å². The van der Waals surface area contributed by atoms with Gasteiger partial charge < -0.3 is 10.3 Å². The first-order valence-corrected chi connectivity index (χ1v) is 8.69. The third-order valence-electron chi connectivity index (χ3n) is 4.31. The topological polar surface area (TPSA) is 66.5 Å². The van der Waals surface area contributed by atoms with Gasteiger partial charge >= 0.3 is 0 Å². The van der Waals surface area contributed by atoms with Crippen LogP contribution in [0.5, 0.6) is 0 Å². The predicted octanol–water partition coefficient (Wildman–Crippen LogP) is 6.41. The van der Waals surface area contributed by atoms with Crippen molar-refractivity contribution < 1.29 is 0 Å². The number of aromatic amines is 1. The van der Waals surface area contributed by atoms with Crippen LogP contribution in [0.1, 0.15) is 0 Å². The molecule has 0 saturated carbocycles. The lowest BCUT2D eigenvalue weighted by Gasteiger charge is -2.08. The van der Waals surface area contributed by atoms with Crippen molar-refractivity contribution in [2.45, 2.75) is 0 Å². The van der Waals surface area contributed by atoms with Gasteiger partial charge in [0.2, 0.25) is 0 Å². The summed E-state index contributed by atoms with van der Waals surface area (Å²) in [6.07, 6.45) is 5.26. The lowest BCUT2D eigenvalue weighted by Crippen LogP contribution is -1.95. The van der Waals surface area contributed by atoms with Crippen LogP contribution in [-0.2, 0) is 0 Å². The van der Waals surface area contributed by atoms with Crippen LogP contribution in [-0.4, -0.2) is 19.9 Å². The molecule has 0 fully saturated rings. The van der Waals surface area contributed by atoms with E-state index in [1.165, 1.54) is 0 Å². The van der Waals surface area contributed by atoms with E-state index in [0.717, 1.165) is 34.0 Å². The van der Waals surface area contributed by atoms with Crippen molar-refractivity contribution in [3.63, 3.8) is 0 Å². The second-order valence-corrected chi connectivity index (χ2v) is 6.67. The monoisotopic (exact) mass is 451 g/mol. The summed E-state index contributed by atoms with van der Waals surface area (Å²) >= 11 is 12.8. The second kappa shape index (κ2) is 7.97. The maximum atomic E-state index is 6.38. The highest BCUT2D eigenvalue weighted by Gasteiger charge is 2.25. The Bertz CT molecular complexity index is 1080. The van der Waals surface area contributed by atoms with E-state index in [-0.39, 0.29) is 24.8 Å². The largest absolute Gasteiger partial charge is 0.338 e. The maximum absolute atomic E-state index is 6.38. The molecule has 5 nitrogen and oxygen atoms in total. The summed E-state index contributed by atoms with van der Waals surface area (Å²) in [5, 5.41) is 4.42. The average Bonchev–Trinajstić information content (AvgIpc) is 3.02. The number of anilines is 2. The summed E-state index contributed by atoms with van der Waals surface area (Å²) in [7, 11) is 0. The molecule has 0 unspecified atom stereocenters. The third kappa shape index (κ3) is 3.20. The minimum Gasteiger partial charge on any atom is -0.338 e. The molecule has 3 aromatic heterocycles. The minimum absolute atomic E-state index is 0. The molecule has 9 heteroatoms. The van der Waals surface area contributed by atoms with E-state index in [0.29, 0.717) is 21.4 Å². The Labute approximate surface area is 183 Å². The van der Waals surface area contributed by atoms with Crippen LogP contribution in [0, 0.1) is 0 Å². The zero-order chi connectivity index (χ0) is 17.7. The first-order valence-electron chi connectivity index (χ1n) is 7.93. The standard InChI is InChI=1S/C19H11Cl2N5.2ClH/c20-12-4-1-5-13(21)15(12)19-25-16-10-6-8-22-9-14(10)24-18-11(17(16)26-19)3-2-7-23-18;;/h1-9H,(H,23,24)(H,25,26);2*1H. The number of rotatable bonds is 1. The van der Waals surface area contributed by atoms with E-state index in [1.807, 2.05) is 24.3 Å². The number of H-pyrrole nitrogens is 1.